The molecule has 0 spiro atoms. The molecular weight excluding hydrogens is 256 g/mol. The Hall–Kier alpha value is -1.04. The van der Waals surface area contributed by atoms with Crippen LogP contribution in [0, 0.1) is 5.92 Å². The SMILES string of the molecule is CCCCC(C=C=C(c1ccccc1)[Si](C)(C)C)CC. The maximum Gasteiger partial charge on any atom is 0.0883 e. The van der Waals surface area contributed by atoms with Gasteiger partial charge in [-0.1, -0.05) is 76.7 Å². The van der Waals surface area contributed by atoms with E-state index in [9.17, 15) is 0 Å². The van der Waals surface area contributed by atoms with Crippen LogP contribution in [0.3, 0.4) is 0 Å². The lowest BCUT2D eigenvalue weighted by molar-refractivity contribution is 0.541. The second kappa shape index (κ2) is 8.29. The lowest BCUT2D eigenvalue weighted by Crippen LogP contribution is -2.22. The minimum Gasteiger partial charge on any atom is -0.125 e. The lowest BCUT2D eigenvalue weighted by Gasteiger charge is -2.19. The molecule has 0 aliphatic rings. The minimum absolute atomic E-state index is 0.685. The van der Waals surface area contributed by atoms with E-state index in [0.717, 1.165) is 0 Å². The Labute approximate surface area is 126 Å². The third-order valence-corrected chi connectivity index (χ3v) is 5.66. The van der Waals surface area contributed by atoms with Crippen molar-refractivity contribution >= 4 is 13.3 Å². The molecule has 0 aliphatic carbocycles. The van der Waals surface area contributed by atoms with Crippen molar-refractivity contribution in [2.75, 3.05) is 0 Å². The summed E-state index contributed by atoms with van der Waals surface area (Å²) in [5.74, 6) is 0.685. The summed E-state index contributed by atoms with van der Waals surface area (Å²) in [5.41, 5.74) is 5.04. The van der Waals surface area contributed by atoms with Crippen molar-refractivity contribution in [3.05, 3.63) is 47.7 Å². The van der Waals surface area contributed by atoms with Gasteiger partial charge in [0.25, 0.3) is 0 Å². The zero-order valence-corrected chi connectivity index (χ0v) is 14.9. The molecule has 110 valence electrons. The van der Waals surface area contributed by atoms with E-state index in [4.69, 9.17) is 0 Å². The van der Waals surface area contributed by atoms with E-state index in [0.29, 0.717) is 5.92 Å². The average molecular weight is 287 g/mol. The monoisotopic (exact) mass is 286 g/mol. The van der Waals surface area contributed by atoms with Gasteiger partial charge in [0.05, 0.1) is 8.07 Å². The molecule has 0 nitrogen and oxygen atoms in total. The third kappa shape index (κ3) is 5.52. The quantitative estimate of drug-likeness (QED) is 0.406. The molecule has 1 heteroatoms. The summed E-state index contributed by atoms with van der Waals surface area (Å²) in [7, 11) is -1.36. The van der Waals surface area contributed by atoms with Crippen molar-refractivity contribution in [3.8, 4) is 0 Å². The van der Waals surface area contributed by atoms with E-state index in [-0.39, 0.29) is 0 Å². The Morgan fingerprint density at radius 3 is 2.30 bits per heavy atom. The summed E-state index contributed by atoms with van der Waals surface area (Å²) in [5, 5.41) is 1.45. The van der Waals surface area contributed by atoms with E-state index in [1.807, 2.05) is 0 Å². The number of allylic oxidation sites excluding steroid dienone is 1. The van der Waals surface area contributed by atoms with Crippen LogP contribution in [0.2, 0.25) is 19.6 Å². The fraction of sp³-hybridized carbons (Fsp3) is 0.526. The molecule has 0 aliphatic heterocycles. The highest BCUT2D eigenvalue weighted by atomic mass is 28.3. The number of unbranched alkanes of at least 4 members (excludes halogenated alkanes) is 1. The minimum atomic E-state index is -1.36. The van der Waals surface area contributed by atoms with Gasteiger partial charge in [0.15, 0.2) is 0 Å². The molecule has 1 rings (SSSR count). The second-order valence-electron chi connectivity index (χ2n) is 6.61. The summed E-state index contributed by atoms with van der Waals surface area (Å²) in [4.78, 5) is 0. The average Bonchev–Trinajstić information content (AvgIpc) is 2.42. The van der Waals surface area contributed by atoms with Gasteiger partial charge in [-0.05, 0) is 35.6 Å². The van der Waals surface area contributed by atoms with Crippen LogP contribution in [0.1, 0.15) is 45.1 Å². The largest absolute Gasteiger partial charge is 0.125 e. The molecule has 1 aromatic carbocycles. The summed E-state index contributed by atoms with van der Waals surface area (Å²) in [6, 6.07) is 10.8. The van der Waals surface area contributed by atoms with Crippen LogP contribution in [-0.4, -0.2) is 8.07 Å². The number of hydrogen-bond acceptors (Lipinski definition) is 0. The van der Waals surface area contributed by atoms with Crippen LogP contribution in [0.4, 0.5) is 0 Å². The Bertz CT molecular complexity index is 444. The van der Waals surface area contributed by atoms with Crippen LogP contribution < -0.4 is 0 Å². The molecule has 1 unspecified atom stereocenters. The van der Waals surface area contributed by atoms with Gasteiger partial charge in [-0.2, -0.15) is 0 Å². The van der Waals surface area contributed by atoms with Crippen molar-refractivity contribution in [2.24, 2.45) is 5.92 Å². The molecule has 0 bridgehead atoms. The van der Waals surface area contributed by atoms with E-state index in [2.05, 4.69) is 75.6 Å². The fourth-order valence-electron chi connectivity index (χ4n) is 2.41. The van der Waals surface area contributed by atoms with Gasteiger partial charge >= 0.3 is 0 Å². The molecular formula is C19H30Si. The van der Waals surface area contributed by atoms with Crippen LogP contribution in [0.5, 0.6) is 0 Å². The van der Waals surface area contributed by atoms with Crippen LogP contribution in [0.25, 0.3) is 5.20 Å². The molecule has 0 N–H and O–H groups in total. The van der Waals surface area contributed by atoms with E-state index < -0.39 is 8.07 Å². The normalized spacial score (nSPS) is 12.7. The van der Waals surface area contributed by atoms with Gasteiger partial charge in [0.2, 0.25) is 0 Å². The molecule has 0 saturated carbocycles. The van der Waals surface area contributed by atoms with Crippen LogP contribution >= 0.6 is 0 Å². The van der Waals surface area contributed by atoms with E-state index >= 15 is 0 Å². The standard InChI is InChI=1S/C19H30Si/c1-6-8-12-17(7-2)15-16-19(20(3,4)5)18-13-10-9-11-14-18/h9-11,13-15,17H,6-8,12H2,1-5H3. The number of rotatable bonds is 7. The van der Waals surface area contributed by atoms with Crippen molar-refractivity contribution < 1.29 is 0 Å². The van der Waals surface area contributed by atoms with Gasteiger partial charge in [-0.25, -0.2) is 0 Å². The molecule has 1 atom stereocenters. The van der Waals surface area contributed by atoms with E-state index in [1.165, 1.54) is 36.4 Å². The third-order valence-electron chi connectivity index (χ3n) is 3.73. The molecule has 1 aromatic rings. The molecule has 0 amide bonds. The molecule has 0 aromatic heterocycles. The highest BCUT2D eigenvalue weighted by Gasteiger charge is 2.20. The predicted octanol–water partition coefficient (Wildman–Crippen LogP) is 6.32. The second-order valence-corrected chi connectivity index (χ2v) is 11.6. The lowest BCUT2D eigenvalue weighted by atomic mass is 9.99. The van der Waals surface area contributed by atoms with Crippen LogP contribution in [-0.2, 0) is 0 Å². The first-order valence-corrected chi connectivity index (χ1v) is 11.5. The van der Waals surface area contributed by atoms with Gasteiger partial charge in [0, 0.05) is 0 Å². The molecule has 0 fully saturated rings. The van der Waals surface area contributed by atoms with Gasteiger partial charge in [-0.3, -0.25) is 0 Å². The maximum atomic E-state index is 3.69. The first-order valence-electron chi connectivity index (χ1n) is 8.01. The van der Waals surface area contributed by atoms with Gasteiger partial charge in [0.1, 0.15) is 0 Å². The highest BCUT2D eigenvalue weighted by molar-refractivity contribution is 6.93. The zero-order valence-electron chi connectivity index (χ0n) is 13.9. The molecule has 0 radical (unpaired) electrons. The van der Waals surface area contributed by atoms with Crippen LogP contribution in [0.15, 0.2) is 42.1 Å². The van der Waals surface area contributed by atoms with Crippen molar-refractivity contribution in [1.29, 1.82) is 0 Å². The Kier molecular flexibility index (Phi) is 7.05. The topological polar surface area (TPSA) is 0 Å². The zero-order chi connectivity index (χ0) is 15.0. The summed E-state index contributed by atoms with van der Waals surface area (Å²) >= 11 is 0. The molecule has 20 heavy (non-hydrogen) atoms. The predicted molar refractivity (Wildman–Crippen MR) is 94.6 cm³/mol. The maximum absolute atomic E-state index is 3.69. The van der Waals surface area contributed by atoms with Crippen molar-refractivity contribution in [3.63, 3.8) is 0 Å². The first-order chi connectivity index (χ1) is 9.49. The van der Waals surface area contributed by atoms with Crippen molar-refractivity contribution in [2.45, 2.75) is 59.2 Å². The number of benzene rings is 1. The molecule has 0 heterocycles. The summed E-state index contributed by atoms with van der Waals surface area (Å²) in [6.45, 7) is 11.8. The Morgan fingerprint density at radius 2 is 1.80 bits per heavy atom. The number of hydrogen-bond donors (Lipinski definition) is 0. The summed E-state index contributed by atoms with van der Waals surface area (Å²) in [6.07, 6.45) is 7.47. The van der Waals surface area contributed by atoms with Gasteiger partial charge in [-0.15, -0.1) is 5.73 Å². The summed E-state index contributed by atoms with van der Waals surface area (Å²) < 4.78 is 0. The Balaban J connectivity index is 3.08. The smallest absolute Gasteiger partial charge is 0.0883 e. The highest BCUT2D eigenvalue weighted by Crippen LogP contribution is 2.25. The van der Waals surface area contributed by atoms with E-state index in [1.54, 1.807) is 0 Å². The van der Waals surface area contributed by atoms with Gasteiger partial charge < -0.3 is 0 Å². The van der Waals surface area contributed by atoms with Crippen molar-refractivity contribution in [1.82, 2.24) is 0 Å². The fourth-order valence-corrected chi connectivity index (χ4v) is 3.96. The molecule has 0 saturated heterocycles. The Morgan fingerprint density at radius 1 is 1.15 bits per heavy atom. The first kappa shape index (κ1) is 17.0.